The van der Waals surface area contributed by atoms with Crippen molar-refractivity contribution in [1.29, 1.82) is 0 Å². The number of benzene rings is 2. The van der Waals surface area contributed by atoms with E-state index in [9.17, 15) is 9.59 Å². The van der Waals surface area contributed by atoms with Crippen LogP contribution in [0, 0.1) is 0 Å². The highest BCUT2D eigenvalue weighted by atomic mass is 16.1. The maximum absolute atomic E-state index is 13.4. The predicted octanol–water partition coefficient (Wildman–Crippen LogP) is 1.58. The van der Waals surface area contributed by atoms with E-state index in [0.29, 0.717) is 40.9 Å². The summed E-state index contributed by atoms with van der Waals surface area (Å²) in [5.74, 6) is -0.337. The summed E-state index contributed by atoms with van der Waals surface area (Å²) in [5, 5.41) is 11.7. The fourth-order valence-electron chi connectivity index (χ4n) is 3.76. The number of nitrogens with zero attached hydrogens (tertiary/aromatic N) is 4. The van der Waals surface area contributed by atoms with Crippen molar-refractivity contribution in [2.75, 3.05) is 26.2 Å². The van der Waals surface area contributed by atoms with Gasteiger partial charge in [-0.2, -0.15) is 0 Å². The number of piperazine rings is 1. The van der Waals surface area contributed by atoms with Crippen molar-refractivity contribution in [3.8, 4) is 0 Å². The third-order valence-corrected chi connectivity index (χ3v) is 5.07. The first-order valence-electron chi connectivity index (χ1n) is 8.95. The molecule has 2 aliphatic rings. The summed E-state index contributed by atoms with van der Waals surface area (Å²) in [7, 11) is 0. The number of para-hydroxylation sites is 1. The third kappa shape index (κ3) is 2.39. The number of aromatic nitrogens is 3. The molecule has 1 fully saturated rings. The van der Waals surface area contributed by atoms with Gasteiger partial charge < -0.3 is 10.2 Å². The Kier molecular flexibility index (Phi) is 3.61. The number of hydrogen-bond donors (Lipinski definition) is 1. The normalized spacial score (nSPS) is 17.6. The second-order valence-electron chi connectivity index (χ2n) is 6.63. The Bertz CT molecular complexity index is 1110. The molecule has 0 bridgehead atoms. The number of hydrogen-bond acceptors (Lipinski definition) is 6. The van der Waals surface area contributed by atoms with Gasteiger partial charge in [-0.25, -0.2) is 4.68 Å². The number of rotatable bonds is 2. The van der Waals surface area contributed by atoms with E-state index >= 15 is 0 Å². The van der Waals surface area contributed by atoms with Crippen molar-refractivity contribution in [1.82, 2.24) is 25.2 Å². The molecule has 0 unspecified atom stereocenters. The van der Waals surface area contributed by atoms with Crippen molar-refractivity contribution >= 4 is 28.3 Å². The first-order chi connectivity index (χ1) is 13.3. The summed E-state index contributed by atoms with van der Waals surface area (Å²) >= 11 is 0. The highest BCUT2D eigenvalue weighted by molar-refractivity contribution is 6.37. The van der Waals surface area contributed by atoms with Crippen molar-refractivity contribution in [2.24, 2.45) is 0 Å². The zero-order valence-electron chi connectivity index (χ0n) is 14.6. The Labute approximate surface area is 155 Å². The fourth-order valence-corrected chi connectivity index (χ4v) is 3.76. The quantitative estimate of drug-likeness (QED) is 0.748. The molecule has 0 amide bonds. The van der Waals surface area contributed by atoms with Crippen LogP contribution < -0.4 is 5.32 Å². The van der Waals surface area contributed by atoms with E-state index in [4.69, 9.17) is 0 Å². The van der Waals surface area contributed by atoms with Gasteiger partial charge in [-0.3, -0.25) is 9.59 Å². The summed E-state index contributed by atoms with van der Waals surface area (Å²) in [6, 6.07) is 14.4. The fraction of sp³-hybridized carbons (Fsp3) is 0.200. The van der Waals surface area contributed by atoms with Gasteiger partial charge in [-0.15, -0.1) is 5.10 Å². The van der Waals surface area contributed by atoms with Gasteiger partial charge in [0.1, 0.15) is 16.9 Å². The highest BCUT2D eigenvalue weighted by Crippen LogP contribution is 2.32. The van der Waals surface area contributed by atoms with Crippen molar-refractivity contribution in [3.05, 3.63) is 65.4 Å². The van der Waals surface area contributed by atoms with Crippen LogP contribution in [0.1, 0.15) is 20.7 Å². The number of fused-ring (bicyclic) bond motifs is 2. The molecule has 2 aromatic carbocycles. The molecule has 1 aliphatic carbocycles. The number of carbonyl (C=O) groups is 2. The number of Topliss-reactive ketones (excluding diaryl/α,β-unsaturated/α-hetero) is 2. The standard InChI is InChI=1S/C20H17N5O2/c26-19-13-5-1-2-6-14(13)20(27)18(17(19)24-11-9-21-10-12-24)25-16-8-4-3-7-15(16)22-23-25/h1-8,21H,9-12H2. The Morgan fingerprint density at radius 3 is 2.19 bits per heavy atom. The molecule has 134 valence electrons. The smallest absolute Gasteiger partial charge is 0.214 e. The molecular weight excluding hydrogens is 342 g/mol. The van der Waals surface area contributed by atoms with Crippen LogP contribution in [0.15, 0.2) is 54.2 Å². The minimum Gasteiger partial charge on any atom is -0.364 e. The van der Waals surface area contributed by atoms with Gasteiger partial charge in [-0.05, 0) is 12.1 Å². The number of nitrogens with one attached hydrogen (secondary N) is 1. The molecule has 5 rings (SSSR count). The summed E-state index contributed by atoms with van der Waals surface area (Å²) in [6.45, 7) is 2.84. The molecule has 1 N–H and O–H groups in total. The van der Waals surface area contributed by atoms with Gasteiger partial charge in [0.05, 0.1) is 5.52 Å². The Morgan fingerprint density at radius 2 is 1.44 bits per heavy atom. The van der Waals surface area contributed by atoms with Gasteiger partial charge in [0.15, 0.2) is 0 Å². The van der Waals surface area contributed by atoms with Crippen molar-refractivity contribution in [3.63, 3.8) is 0 Å². The maximum atomic E-state index is 13.4. The minimum absolute atomic E-state index is 0.137. The molecule has 27 heavy (non-hydrogen) atoms. The van der Waals surface area contributed by atoms with E-state index in [2.05, 4.69) is 15.6 Å². The molecule has 7 heteroatoms. The van der Waals surface area contributed by atoms with Crippen molar-refractivity contribution < 1.29 is 9.59 Å². The molecule has 0 atom stereocenters. The van der Waals surface area contributed by atoms with Crippen LogP contribution in [0.4, 0.5) is 0 Å². The lowest BCUT2D eigenvalue weighted by atomic mass is 9.89. The Hall–Kier alpha value is -3.32. The molecule has 0 radical (unpaired) electrons. The Balaban J connectivity index is 1.79. The first-order valence-corrected chi connectivity index (χ1v) is 8.95. The predicted molar refractivity (Wildman–Crippen MR) is 100 cm³/mol. The van der Waals surface area contributed by atoms with E-state index < -0.39 is 0 Å². The molecule has 2 heterocycles. The summed E-state index contributed by atoms with van der Waals surface area (Å²) in [4.78, 5) is 28.8. The topological polar surface area (TPSA) is 80.1 Å². The highest BCUT2D eigenvalue weighted by Gasteiger charge is 2.37. The van der Waals surface area contributed by atoms with Crippen LogP contribution in [0.3, 0.4) is 0 Å². The molecule has 0 saturated carbocycles. The second kappa shape index (κ2) is 6.14. The summed E-state index contributed by atoms with van der Waals surface area (Å²) < 4.78 is 1.52. The van der Waals surface area contributed by atoms with Gasteiger partial charge in [0.25, 0.3) is 0 Å². The van der Waals surface area contributed by atoms with E-state index in [0.717, 1.165) is 13.1 Å². The average Bonchev–Trinajstić information content (AvgIpc) is 3.15. The molecule has 1 aromatic heterocycles. The number of allylic oxidation sites excluding steroid dienone is 2. The van der Waals surface area contributed by atoms with Gasteiger partial charge in [0.2, 0.25) is 11.6 Å². The lowest BCUT2D eigenvalue weighted by Gasteiger charge is -2.34. The van der Waals surface area contributed by atoms with Crippen LogP contribution in [-0.2, 0) is 0 Å². The van der Waals surface area contributed by atoms with E-state index in [1.807, 2.05) is 29.2 Å². The van der Waals surface area contributed by atoms with Crippen LogP contribution in [0.25, 0.3) is 16.7 Å². The zero-order valence-corrected chi connectivity index (χ0v) is 14.6. The summed E-state index contributed by atoms with van der Waals surface area (Å²) in [6.07, 6.45) is 0. The molecule has 7 nitrogen and oxygen atoms in total. The molecular formula is C20H17N5O2. The van der Waals surface area contributed by atoms with Crippen LogP contribution >= 0.6 is 0 Å². The van der Waals surface area contributed by atoms with Gasteiger partial charge >= 0.3 is 0 Å². The maximum Gasteiger partial charge on any atom is 0.214 e. The largest absolute Gasteiger partial charge is 0.364 e. The lowest BCUT2D eigenvalue weighted by Crippen LogP contribution is -2.46. The second-order valence-corrected chi connectivity index (χ2v) is 6.63. The molecule has 0 spiro atoms. The molecule has 3 aromatic rings. The lowest BCUT2D eigenvalue weighted by molar-refractivity contribution is 0.0949. The van der Waals surface area contributed by atoms with Crippen LogP contribution in [0.5, 0.6) is 0 Å². The van der Waals surface area contributed by atoms with E-state index in [-0.39, 0.29) is 17.3 Å². The van der Waals surface area contributed by atoms with Crippen LogP contribution in [0.2, 0.25) is 0 Å². The third-order valence-electron chi connectivity index (χ3n) is 5.07. The van der Waals surface area contributed by atoms with Crippen molar-refractivity contribution in [2.45, 2.75) is 0 Å². The molecule has 1 saturated heterocycles. The first kappa shape index (κ1) is 15.9. The van der Waals surface area contributed by atoms with E-state index in [1.54, 1.807) is 24.3 Å². The minimum atomic E-state index is -0.200. The number of ketones is 2. The Morgan fingerprint density at radius 1 is 0.815 bits per heavy atom. The monoisotopic (exact) mass is 359 g/mol. The number of carbonyl (C=O) groups excluding carboxylic acids is 2. The average molecular weight is 359 g/mol. The van der Waals surface area contributed by atoms with Crippen LogP contribution in [-0.4, -0.2) is 57.6 Å². The van der Waals surface area contributed by atoms with E-state index in [1.165, 1.54) is 4.68 Å². The van der Waals surface area contributed by atoms with Gasteiger partial charge in [0, 0.05) is 37.3 Å². The van der Waals surface area contributed by atoms with Gasteiger partial charge in [-0.1, -0.05) is 41.6 Å². The zero-order chi connectivity index (χ0) is 18.4. The summed E-state index contributed by atoms with van der Waals surface area (Å²) in [5.41, 5.74) is 2.95. The SMILES string of the molecule is O=C1C(N2CCNCC2)=C(n2nnc3ccccc32)C(=O)c2ccccc21. The molecule has 1 aliphatic heterocycles.